The van der Waals surface area contributed by atoms with Crippen molar-refractivity contribution in [2.75, 3.05) is 14.2 Å². The molecular weight excluding hydrogens is 352 g/mol. The second-order valence-electron chi connectivity index (χ2n) is 3.67. The number of rotatable bonds is 5. The van der Waals surface area contributed by atoms with E-state index in [4.69, 9.17) is 15.2 Å². The van der Waals surface area contributed by atoms with Crippen molar-refractivity contribution in [1.29, 1.82) is 0 Å². The van der Waals surface area contributed by atoms with E-state index in [9.17, 15) is 0 Å². The summed E-state index contributed by atoms with van der Waals surface area (Å²) < 4.78 is 11.7. The standard InChI is InChI=1S/C12H18INO2.ClH/c1-4-9(14)5-8-6-12(16-3)10(13)7-11(8)15-2;/h6-7,9H,4-5,14H2,1-3H3;1H/t9-;/m1./s1. The van der Waals surface area contributed by atoms with Gasteiger partial charge in [-0.15, -0.1) is 12.4 Å². The molecule has 1 aromatic rings. The lowest BCUT2D eigenvalue weighted by atomic mass is 10.0. The van der Waals surface area contributed by atoms with Gasteiger partial charge in [-0.25, -0.2) is 0 Å². The van der Waals surface area contributed by atoms with Crippen LogP contribution in [0.5, 0.6) is 11.5 Å². The highest BCUT2D eigenvalue weighted by Crippen LogP contribution is 2.30. The average molecular weight is 372 g/mol. The van der Waals surface area contributed by atoms with E-state index in [1.807, 2.05) is 12.1 Å². The Kier molecular flexibility index (Phi) is 7.91. The molecule has 2 N–H and O–H groups in total. The minimum atomic E-state index is 0. The summed E-state index contributed by atoms with van der Waals surface area (Å²) in [4.78, 5) is 0. The van der Waals surface area contributed by atoms with Crippen LogP contribution in [0.15, 0.2) is 12.1 Å². The molecule has 0 saturated heterocycles. The van der Waals surface area contributed by atoms with E-state index in [1.54, 1.807) is 14.2 Å². The van der Waals surface area contributed by atoms with Crippen LogP contribution in [0.3, 0.4) is 0 Å². The van der Waals surface area contributed by atoms with Crippen molar-refractivity contribution in [1.82, 2.24) is 0 Å². The number of nitrogens with two attached hydrogens (primary N) is 1. The highest BCUT2D eigenvalue weighted by molar-refractivity contribution is 14.1. The van der Waals surface area contributed by atoms with E-state index >= 15 is 0 Å². The van der Waals surface area contributed by atoms with Gasteiger partial charge in [0.05, 0.1) is 17.8 Å². The SMILES string of the molecule is CC[C@@H](N)Cc1cc(OC)c(I)cc1OC.Cl. The number of methoxy groups -OCH3 is 2. The zero-order valence-electron chi connectivity index (χ0n) is 10.3. The van der Waals surface area contributed by atoms with E-state index < -0.39 is 0 Å². The van der Waals surface area contributed by atoms with Crippen molar-refractivity contribution in [3.63, 3.8) is 0 Å². The smallest absolute Gasteiger partial charge is 0.132 e. The molecule has 0 saturated carbocycles. The Morgan fingerprint density at radius 2 is 1.82 bits per heavy atom. The van der Waals surface area contributed by atoms with E-state index in [0.29, 0.717) is 0 Å². The zero-order chi connectivity index (χ0) is 12.1. The van der Waals surface area contributed by atoms with E-state index in [2.05, 4.69) is 29.5 Å². The lowest BCUT2D eigenvalue weighted by Gasteiger charge is -2.15. The summed E-state index contributed by atoms with van der Waals surface area (Å²) in [5.41, 5.74) is 7.07. The van der Waals surface area contributed by atoms with Gasteiger partial charge in [0.1, 0.15) is 11.5 Å². The Balaban J connectivity index is 0.00000256. The quantitative estimate of drug-likeness (QED) is 0.809. The van der Waals surface area contributed by atoms with Gasteiger partial charge in [0, 0.05) is 6.04 Å². The van der Waals surface area contributed by atoms with Gasteiger partial charge in [-0.1, -0.05) is 6.92 Å². The van der Waals surface area contributed by atoms with E-state index in [0.717, 1.165) is 33.5 Å². The van der Waals surface area contributed by atoms with Crippen LogP contribution >= 0.6 is 35.0 Å². The van der Waals surface area contributed by atoms with Crippen LogP contribution in [0.1, 0.15) is 18.9 Å². The first-order valence-corrected chi connectivity index (χ1v) is 6.36. The summed E-state index contributed by atoms with van der Waals surface area (Å²) in [6.07, 6.45) is 1.77. The molecule has 1 aromatic carbocycles. The molecule has 17 heavy (non-hydrogen) atoms. The molecule has 1 rings (SSSR count). The van der Waals surface area contributed by atoms with Crippen molar-refractivity contribution in [2.45, 2.75) is 25.8 Å². The van der Waals surface area contributed by atoms with Crippen LogP contribution in [0.2, 0.25) is 0 Å². The van der Waals surface area contributed by atoms with Crippen molar-refractivity contribution in [3.8, 4) is 11.5 Å². The van der Waals surface area contributed by atoms with E-state index in [-0.39, 0.29) is 18.4 Å². The minimum Gasteiger partial charge on any atom is -0.496 e. The largest absolute Gasteiger partial charge is 0.496 e. The summed E-state index contributed by atoms with van der Waals surface area (Å²) >= 11 is 2.23. The Morgan fingerprint density at radius 3 is 2.29 bits per heavy atom. The molecular formula is C12H19ClINO2. The molecule has 0 fully saturated rings. The van der Waals surface area contributed by atoms with Gasteiger partial charge >= 0.3 is 0 Å². The van der Waals surface area contributed by atoms with Crippen LogP contribution in [0, 0.1) is 3.57 Å². The first-order chi connectivity index (χ1) is 7.62. The molecule has 0 aliphatic carbocycles. The Labute approximate surface area is 123 Å². The fourth-order valence-corrected chi connectivity index (χ4v) is 2.17. The Hall–Kier alpha value is -0.200. The second-order valence-corrected chi connectivity index (χ2v) is 4.83. The molecule has 1 atom stereocenters. The summed E-state index contributed by atoms with van der Waals surface area (Å²) in [5.74, 6) is 1.76. The lowest BCUT2D eigenvalue weighted by Crippen LogP contribution is -2.21. The summed E-state index contributed by atoms with van der Waals surface area (Å²) in [5, 5.41) is 0. The molecule has 98 valence electrons. The van der Waals surface area contributed by atoms with Crippen molar-refractivity contribution in [3.05, 3.63) is 21.3 Å². The third-order valence-electron chi connectivity index (χ3n) is 2.56. The number of hydrogen-bond donors (Lipinski definition) is 1. The van der Waals surface area contributed by atoms with Gasteiger partial charge in [-0.3, -0.25) is 0 Å². The maximum absolute atomic E-state index is 5.96. The highest BCUT2D eigenvalue weighted by Gasteiger charge is 2.11. The molecule has 0 bridgehead atoms. The summed E-state index contributed by atoms with van der Waals surface area (Å²) in [6.45, 7) is 2.08. The molecule has 0 spiro atoms. The molecule has 0 aliphatic rings. The third kappa shape index (κ3) is 4.52. The van der Waals surface area contributed by atoms with Crippen molar-refractivity contribution >= 4 is 35.0 Å². The van der Waals surface area contributed by atoms with E-state index in [1.165, 1.54) is 0 Å². The van der Waals surface area contributed by atoms with Crippen LogP contribution in [-0.4, -0.2) is 20.3 Å². The molecule has 0 radical (unpaired) electrons. The van der Waals surface area contributed by atoms with Gasteiger partial charge in [-0.2, -0.15) is 0 Å². The predicted molar refractivity (Wildman–Crippen MR) is 81.5 cm³/mol. The molecule has 3 nitrogen and oxygen atoms in total. The summed E-state index contributed by atoms with van der Waals surface area (Å²) in [6, 6.07) is 4.16. The van der Waals surface area contributed by atoms with Gasteiger partial charge in [-0.05, 0) is 53.1 Å². The van der Waals surface area contributed by atoms with Gasteiger partial charge in [0.2, 0.25) is 0 Å². The second kappa shape index (κ2) is 8.00. The summed E-state index contributed by atoms with van der Waals surface area (Å²) in [7, 11) is 3.35. The monoisotopic (exact) mass is 371 g/mol. The Morgan fingerprint density at radius 1 is 1.24 bits per heavy atom. The molecule has 0 unspecified atom stereocenters. The van der Waals surface area contributed by atoms with Crippen molar-refractivity contribution < 1.29 is 9.47 Å². The Bertz CT molecular complexity index is 361. The number of hydrogen-bond acceptors (Lipinski definition) is 3. The minimum absolute atomic E-state index is 0. The highest BCUT2D eigenvalue weighted by atomic mass is 127. The van der Waals surface area contributed by atoms with Crippen LogP contribution in [-0.2, 0) is 6.42 Å². The number of ether oxygens (including phenoxy) is 2. The number of benzene rings is 1. The van der Waals surface area contributed by atoms with Gasteiger partial charge in [0.25, 0.3) is 0 Å². The van der Waals surface area contributed by atoms with Crippen LogP contribution in [0.25, 0.3) is 0 Å². The number of halogens is 2. The molecule has 5 heteroatoms. The van der Waals surface area contributed by atoms with Crippen molar-refractivity contribution in [2.24, 2.45) is 5.73 Å². The zero-order valence-corrected chi connectivity index (χ0v) is 13.3. The third-order valence-corrected chi connectivity index (χ3v) is 3.40. The van der Waals surface area contributed by atoms with Crippen LogP contribution in [0.4, 0.5) is 0 Å². The van der Waals surface area contributed by atoms with Gasteiger partial charge < -0.3 is 15.2 Å². The maximum Gasteiger partial charge on any atom is 0.132 e. The fraction of sp³-hybridized carbons (Fsp3) is 0.500. The molecule has 0 aliphatic heterocycles. The van der Waals surface area contributed by atoms with Gasteiger partial charge in [0.15, 0.2) is 0 Å². The fourth-order valence-electron chi connectivity index (χ4n) is 1.51. The predicted octanol–water partition coefficient (Wildman–Crippen LogP) is 3.01. The average Bonchev–Trinajstić information content (AvgIpc) is 2.30. The van der Waals surface area contributed by atoms with Crippen LogP contribution < -0.4 is 15.2 Å². The first kappa shape index (κ1) is 16.8. The normalized spacial score (nSPS) is 11.6. The first-order valence-electron chi connectivity index (χ1n) is 5.28. The molecule has 0 aromatic heterocycles. The topological polar surface area (TPSA) is 44.5 Å². The lowest BCUT2D eigenvalue weighted by molar-refractivity contribution is 0.394. The molecule has 0 heterocycles. The molecule has 0 amide bonds. The maximum atomic E-state index is 5.96.